The summed E-state index contributed by atoms with van der Waals surface area (Å²) in [6.45, 7) is 19.3. The lowest BCUT2D eigenvalue weighted by molar-refractivity contribution is 0.0274. The van der Waals surface area contributed by atoms with Crippen molar-refractivity contribution < 1.29 is 27.4 Å². The lowest BCUT2D eigenvalue weighted by Crippen LogP contribution is -2.45. The van der Waals surface area contributed by atoms with Crippen LogP contribution in [-0.2, 0) is 43.1 Å². The molecule has 0 unspecified atom stereocenters. The van der Waals surface area contributed by atoms with Gasteiger partial charge in [-0.15, -0.1) is 0 Å². The Bertz CT molecular complexity index is 1650. The summed E-state index contributed by atoms with van der Waals surface area (Å²) in [7, 11) is -2.91. The van der Waals surface area contributed by atoms with Crippen molar-refractivity contribution in [3.8, 4) is 11.5 Å². The van der Waals surface area contributed by atoms with Crippen LogP contribution in [0.4, 0.5) is 10.6 Å². The third-order valence-corrected chi connectivity index (χ3v) is 11.3. The second-order valence-corrected chi connectivity index (χ2v) is 22.4. The second-order valence-electron chi connectivity index (χ2n) is 14.4. The van der Waals surface area contributed by atoms with E-state index in [0.717, 1.165) is 23.7 Å². The normalized spacial score (nSPS) is 16.1. The molecule has 14 heteroatoms. The van der Waals surface area contributed by atoms with Crippen molar-refractivity contribution >= 4 is 40.9 Å². The van der Waals surface area contributed by atoms with Gasteiger partial charge in [-0.05, 0) is 51.4 Å². The van der Waals surface area contributed by atoms with E-state index in [4.69, 9.17) is 29.2 Å². The number of pyridine rings is 1. The average molecular weight is 689 g/mol. The molecule has 0 bridgehead atoms. The largest absolute Gasteiger partial charge is 0.444 e. The van der Waals surface area contributed by atoms with Gasteiger partial charge in [0.15, 0.2) is 15.7 Å². The van der Waals surface area contributed by atoms with Gasteiger partial charge in [0, 0.05) is 45.8 Å². The first-order chi connectivity index (χ1) is 22.0. The van der Waals surface area contributed by atoms with Crippen LogP contribution in [0.2, 0.25) is 25.7 Å². The molecule has 0 aromatic carbocycles. The number of rotatable bonds is 13. The Morgan fingerprint density at radius 1 is 1.13 bits per heavy atom. The van der Waals surface area contributed by atoms with Crippen LogP contribution < -0.4 is 4.90 Å². The molecule has 1 aliphatic rings. The molecule has 4 rings (SSSR count). The molecule has 47 heavy (non-hydrogen) atoms. The fourth-order valence-electron chi connectivity index (χ4n) is 5.22. The first-order valence-electron chi connectivity index (χ1n) is 16.4. The maximum Gasteiger partial charge on any atom is 0.410 e. The molecule has 0 radical (unpaired) electrons. The van der Waals surface area contributed by atoms with Crippen molar-refractivity contribution in [2.75, 3.05) is 44.1 Å². The van der Waals surface area contributed by atoms with Gasteiger partial charge in [0.05, 0.1) is 48.3 Å². The van der Waals surface area contributed by atoms with Crippen molar-refractivity contribution in [1.29, 1.82) is 0 Å². The number of carbonyl (C=O) groups is 1. The maximum atomic E-state index is 12.8. The zero-order valence-corrected chi connectivity index (χ0v) is 31.3. The van der Waals surface area contributed by atoms with Gasteiger partial charge < -0.3 is 28.6 Å². The van der Waals surface area contributed by atoms with Crippen LogP contribution in [0.5, 0.6) is 0 Å². The Morgan fingerprint density at radius 2 is 1.87 bits per heavy atom. The number of fused-ring (bicyclic) bond motifs is 1. The molecule has 1 aliphatic heterocycles. The summed E-state index contributed by atoms with van der Waals surface area (Å²) in [4.78, 5) is 31.1. The van der Waals surface area contributed by atoms with Gasteiger partial charge in [-0.25, -0.2) is 28.2 Å². The lowest BCUT2D eigenvalue weighted by Gasteiger charge is -2.36. The van der Waals surface area contributed by atoms with Gasteiger partial charge in [0.1, 0.15) is 23.8 Å². The van der Waals surface area contributed by atoms with E-state index in [-0.39, 0.29) is 17.5 Å². The van der Waals surface area contributed by atoms with Gasteiger partial charge in [0.25, 0.3) is 0 Å². The fourth-order valence-corrected chi connectivity index (χ4v) is 6.78. The maximum absolute atomic E-state index is 12.8. The predicted octanol–water partition coefficient (Wildman–Crippen LogP) is 5.72. The number of nitrogens with zero attached hydrogens (tertiary/aromatic N) is 6. The van der Waals surface area contributed by atoms with Gasteiger partial charge in [-0.3, -0.25) is 0 Å². The third-order valence-electron chi connectivity index (χ3n) is 7.96. The minimum atomic E-state index is -3.34. The Morgan fingerprint density at radius 3 is 2.53 bits per heavy atom. The summed E-state index contributed by atoms with van der Waals surface area (Å²) in [6, 6.07) is 8.70. The zero-order chi connectivity index (χ0) is 34.6. The standard InChI is InChI=1S/C33H52N6O6SSi/c1-10-25-21-43-15-14-38(25)30-18-24(22-46(41,42)11-2)34-31(36-30)27-12-13-29-28(35-27)19-26(20-37(6)32(40)45-33(3,4)5)39(29)23-44-16-17-47(7,8)9/h12-13,18-19,25H,10-11,14-17,20-23H2,1-9H3/t25-/m0/s1. The average Bonchev–Trinajstić information content (AvgIpc) is 3.33. The van der Waals surface area contributed by atoms with Crippen LogP contribution in [0.1, 0.15) is 52.4 Å². The smallest absolute Gasteiger partial charge is 0.410 e. The first kappa shape index (κ1) is 36.8. The number of hydrogen-bond acceptors (Lipinski definition) is 10. The van der Waals surface area contributed by atoms with E-state index in [9.17, 15) is 13.2 Å². The molecular formula is C33H52N6O6SSi. The Hall–Kier alpha value is -3.07. The van der Waals surface area contributed by atoms with Crippen LogP contribution in [0.25, 0.3) is 22.6 Å². The Labute approximate surface area is 280 Å². The molecule has 0 spiro atoms. The van der Waals surface area contributed by atoms with Gasteiger partial charge in [-0.1, -0.05) is 33.5 Å². The van der Waals surface area contributed by atoms with E-state index in [2.05, 4.69) is 31.5 Å². The Balaban J connectivity index is 1.75. The summed E-state index contributed by atoms with van der Waals surface area (Å²) in [5.41, 5.74) is 2.73. The van der Waals surface area contributed by atoms with Crippen molar-refractivity contribution in [2.45, 2.75) is 97.4 Å². The number of hydrogen-bond donors (Lipinski definition) is 0. The second kappa shape index (κ2) is 15.0. The molecule has 3 aromatic heterocycles. The summed E-state index contributed by atoms with van der Waals surface area (Å²) in [5, 5.41) is 0. The number of carbonyl (C=O) groups excluding carboxylic acids is 1. The molecule has 4 heterocycles. The number of ether oxygens (including phenoxy) is 3. The van der Waals surface area contributed by atoms with E-state index >= 15 is 0 Å². The Kier molecular flexibility index (Phi) is 11.7. The van der Waals surface area contributed by atoms with Crippen LogP contribution in [0.3, 0.4) is 0 Å². The van der Waals surface area contributed by atoms with Crippen LogP contribution >= 0.6 is 0 Å². The number of morpholine rings is 1. The number of amides is 1. The highest BCUT2D eigenvalue weighted by atomic mass is 32.2. The van der Waals surface area contributed by atoms with E-state index in [0.29, 0.717) is 68.2 Å². The van der Waals surface area contributed by atoms with Gasteiger partial charge in [0.2, 0.25) is 0 Å². The quantitative estimate of drug-likeness (QED) is 0.162. The van der Waals surface area contributed by atoms with E-state index in [1.165, 1.54) is 0 Å². The van der Waals surface area contributed by atoms with E-state index in [1.54, 1.807) is 24.9 Å². The molecular weight excluding hydrogens is 637 g/mol. The van der Waals surface area contributed by atoms with Crippen LogP contribution in [-0.4, -0.2) is 97.8 Å². The molecule has 1 amide bonds. The summed E-state index contributed by atoms with van der Waals surface area (Å²) in [6.07, 6.45) is 0.441. The van der Waals surface area contributed by atoms with Crippen molar-refractivity contribution in [3.05, 3.63) is 35.7 Å². The molecule has 12 nitrogen and oxygen atoms in total. The molecule has 0 N–H and O–H groups in total. The highest BCUT2D eigenvalue weighted by Gasteiger charge is 2.26. The predicted molar refractivity (Wildman–Crippen MR) is 188 cm³/mol. The topological polar surface area (TPSA) is 129 Å². The van der Waals surface area contributed by atoms with Gasteiger partial charge in [-0.2, -0.15) is 0 Å². The highest BCUT2D eigenvalue weighted by Crippen LogP contribution is 2.28. The van der Waals surface area contributed by atoms with E-state index < -0.39 is 29.6 Å². The summed E-state index contributed by atoms with van der Waals surface area (Å²) in [5.74, 6) is 0.872. The van der Waals surface area contributed by atoms with Crippen LogP contribution in [0.15, 0.2) is 24.3 Å². The van der Waals surface area contributed by atoms with Crippen molar-refractivity contribution in [2.24, 2.45) is 0 Å². The molecule has 0 aliphatic carbocycles. The number of sulfone groups is 1. The van der Waals surface area contributed by atoms with Gasteiger partial charge >= 0.3 is 6.09 Å². The van der Waals surface area contributed by atoms with E-state index in [1.807, 2.05) is 43.5 Å². The summed E-state index contributed by atoms with van der Waals surface area (Å²) < 4.78 is 44.8. The number of anilines is 1. The third kappa shape index (κ3) is 10.2. The first-order valence-corrected chi connectivity index (χ1v) is 22.0. The monoisotopic (exact) mass is 688 g/mol. The molecule has 3 aromatic rings. The molecule has 0 saturated carbocycles. The molecule has 260 valence electrons. The highest BCUT2D eigenvalue weighted by molar-refractivity contribution is 7.90. The van der Waals surface area contributed by atoms with Crippen molar-refractivity contribution in [1.82, 2.24) is 24.4 Å². The number of aromatic nitrogens is 4. The molecule has 1 fully saturated rings. The minimum Gasteiger partial charge on any atom is -0.444 e. The molecule has 1 saturated heterocycles. The minimum absolute atomic E-state index is 0.0229. The SMILES string of the molecule is CC[C@H]1COCCN1c1cc(CS(=O)(=O)CC)nc(-c2ccc3c(cc(CN(C)C(=O)OC(C)(C)C)n3COCC[Si](C)(C)C)n2)n1. The lowest BCUT2D eigenvalue weighted by atomic mass is 10.1. The van der Waals surface area contributed by atoms with Crippen LogP contribution in [0, 0.1) is 0 Å². The fraction of sp³-hybridized carbons (Fsp3) is 0.636. The zero-order valence-electron chi connectivity index (χ0n) is 29.5. The molecule has 1 atom stereocenters. The van der Waals surface area contributed by atoms with Crippen molar-refractivity contribution in [3.63, 3.8) is 0 Å². The summed E-state index contributed by atoms with van der Waals surface area (Å²) >= 11 is 0.